The summed E-state index contributed by atoms with van der Waals surface area (Å²) in [4.78, 5) is 15.7. The second-order valence-electron chi connectivity index (χ2n) is 5.21. The van der Waals surface area contributed by atoms with E-state index < -0.39 is 0 Å². The summed E-state index contributed by atoms with van der Waals surface area (Å²) in [5, 5.41) is 4.63. The molecule has 5 heteroatoms. The van der Waals surface area contributed by atoms with Crippen molar-refractivity contribution < 1.29 is 14.3 Å². The van der Waals surface area contributed by atoms with Crippen LogP contribution in [0, 0.1) is 0 Å². The van der Waals surface area contributed by atoms with Gasteiger partial charge in [-0.3, -0.25) is 4.79 Å². The van der Waals surface area contributed by atoms with Gasteiger partial charge in [-0.05, 0) is 40.6 Å². The summed E-state index contributed by atoms with van der Waals surface area (Å²) in [5.74, 6) is 0.993. The number of nitrogens with one attached hydrogen (secondary N) is 1. The summed E-state index contributed by atoms with van der Waals surface area (Å²) in [5.41, 5.74) is 1.83. The zero-order valence-corrected chi connectivity index (χ0v) is 13.6. The lowest BCUT2D eigenvalue weighted by atomic mass is 9.98. The number of pyridine rings is 1. The summed E-state index contributed by atoms with van der Waals surface area (Å²) in [6.07, 6.45) is 1.69. The standard InChI is InChI=1S/C19H18N2O3/c1-20-18(22)12-24-14-10-13-6-3-4-7-15(13)17(11-14)16-8-5-9-21-19(16)23-2/h3-11H,12H2,1-2H3,(H,20,22). The van der Waals surface area contributed by atoms with Crippen LogP contribution in [0.3, 0.4) is 0 Å². The number of carbonyl (C=O) groups excluding carboxylic acids is 1. The van der Waals surface area contributed by atoms with Gasteiger partial charge in [0.05, 0.1) is 7.11 Å². The van der Waals surface area contributed by atoms with Crippen LogP contribution in [-0.2, 0) is 4.79 Å². The number of aromatic nitrogens is 1. The van der Waals surface area contributed by atoms with Gasteiger partial charge < -0.3 is 14.8 Å². The lowest BCUT2D eigenvalue weighted by molar-refractivity contribution is -0.122. The first-order chi connectivity index (χ1) is 11.7. The van der Waals surface area contributed by atoms with E-state index in [1.54, 1.807) is 20.4 Å². The third-order valence-corrected chi connectivity index (χ3v) is 3.74. The third-order valence-electron chi connectivity index (χ3n) is 3.74. The van der Waals surface area contributed by atoms with Gasteiger partial charge in [0, 0.05) is 18.8 Å². The fourth-order valence-electron chi connectivity index (χ4n) is 2.57. The highest BCUT2D eigenvalue weighted by Gasteiger charge is 2.12. The van der Waals surface area contributed by atoms with Crippen LogP contribution in [0.5, 0.6) is 11.6 Å². The van der Waals surface area contributed by atoms with Gasteiger partial charge in [-0.25, -0.2) is 4.98 Å². The summed E-state index contributed by atoms with van der Waals surface area (Å²) in [6, 6.07) is 15.7. The molecular formula is C19H18N2O3. The Hall–Kier alpha value is -3.08. The minimum atomic E-state index is -0.177. The molecule has 0 aliphatic carbocycles. The number of carbonyl (C=O) groups is 1. The van der Waals surface area contributed by atoms with Crippen LogP contribution >= 0.6 is 0 Å². The molecule has 0 saturated carbocycles. The number of ether oxygens (including phenoxy) is 2. The first-order valence-electron chi connectivity index (χ1n) is 7.58. The molecule has 0 atom stereocenters. The van der Waals surface area contributed by atoms with Gasteiger partial charge in [0.25, 0.3) is 5.91 Å². The topological polar surface area (TPSA) is 60.5 Å². The molecule has 3 rings (SSSR count). The van der Waals surface area contributed by atoms with Crippen molar-refractivity contribution in [2.45, 2.75) is 0 Å². The lowest BCUT2D eigenvalue weighted by Crippen LogP contribution is -2.24. The minimum absolute atomic E-state index is 0.0293. The van der Waals surface area contributed by atoms with Gasteiger partial charge in [-0.1, -0.05) is 24.3 Å². The highest BCUT2D eigenvalue weighted by atomic mass is 16.5. The normalized spacial score (nSPS) is 10.4. The van der Waals surface area contributed by atoms with Crippen LogP contribution in [-0.4, -0.2) is 31.7 Å². The Kier molecular flexibility index (Phi) is 4.61. The monoisotopic (exact) mass is 322 g/mol. The van der Waals surface area contributed by atoms with E-state index >= 15 is 0 Å². The van der Waals surface area contributed by atoms with Crippen molar-refractivity contribution in [3.05, 3.63) is 54.7 Å². The SMILES string of the molecule is CNC(=O)COc1cc(-c2cccnc2OC)c2ccccc2c1. The molecule has 0 bridgehead atoms. The van der Waals surface area contributed by atoms with Gasteiger partial charge in [-0.2, -0.15) is 0 Å². The van der Waals surface area contributed by atoms with E-state index in [1.807, 2.05) is 48.5 Å². The molecule has 0 spiro atoms. The number of hydrogen-bond donors (Lipinski definition) is 1. The number of nitrogens with zero attached hydrogens (tertiary/aromatic N) is 1. The van der Waals surface area contributed by atoms with E-state index in [0.29, 0.717) is 11.6 Å². The van der Waals surface area contributed by atoms with Crippen LogP contribution in [0.2, 0.25) is 0 Å². The molecule has 24 heavy (non-hydrogen) atoms. The van der Waals surface area contributed by atoms with Crippen molar-refractivity contribution in [3.8, 4) is 22.8 Å². The maximum atomic E-state index is 11.4. The first kappa shape index (κ1) is 15.8. The molecule has 5 nitrogen and oxygen atoms in total. The summed E-state index contributed by atoms with van der Waals surface area (Å²) in [7, 11) is 3.18. The molecule has 1 heterocycles. The predicted molar refractivity (Wildman–Crippen MR) is 93.3 cm³/mol. The third kappa shape index (κ3) is 3.15. The summed E-state index contributed by atoms with van der Waals surface area (Å²) >= 11 is 0. The number of rotatable bonds is 5. The van der Waals surface area contributed by atoms with E-state index in [-0.39, 0.29) is 12.5 Å². The van der Waals surface area contributed by atoms with Crippen LogP contribution in [0.4, 0.5) is 0 Å². The molecular weight excluding hydrogens is 304 g/mol. The number of fused-ring (bicyclic) bond motifs is 1. The van der Waals surface area contributed by atoms with E-state index in [4.69, 9.17) is 9.47 Å². The average Bonchev–Trinajstić information content (AvgIpc) is 2.65. The van der Waals surface area contributed by atoms with Crippen molar-refractivity contribution >= 4 is 16.7 Å². The number of likely N-dealkylation sites (N-methyl/N-ethyl adjacent to an activating group) is 1. The van der Waals surface area contributed by atoms with Crippen molar-refractivity contribution in [2.75, 3.05) is 20.8 Å². The number of benzene rings is 2. The van der Waals surface area contributed by atoms with Gasteiger partial charge in [0.15, 0.2) is 6.61 Å². The van der Waals surface area contributed by atoms with Crippen LogP contribution < -0.4 is 14.8 Å². The first-order valence-corrected chi connectivity index (χ1v) is 7.58. The summed E-state index contributed by atoms with van der Waals surface area (Å²) in [6.45, 7) is -0.0293. The molecule has 0 saturated heterocycles. The van der Waals surface area contributed by atoms with Gasteiger partial charge in [0.1, 0.15) is 5.75 Å². The van der Waals surface area contributed by atoms with E-state index in [2.05, 4.69) is 10.3 Å². The lowest BCUT2D eigenvalue weighted by Gasteiger charge is -2.13. The maximum Gasteiger partial charge on any atom is 0.257 e. The molecule has 1 aromatic heterocycles. The van der Waals surface area contributed by atoms with Crippen LogP contribution in [0.25, 0.3) is 21.9 Å². The second kappa shape index (κ2) is 7.00. The Bertz CT molecular complexity index is 877. The fraction of sp³-hybridized carbons (Fsp3) is 0.158. The van der Waals surface area contributed by atoms with Crippen molar-refractivity contribution in [3.63, 3.8) is 0 Å². The maximum absolute atomic E-state index is 11.4. The molecule has 0 aliphatic rings. The summed E-state index contributed by atoms with van der Waals surface area (Å²) < 4.78 is 11.0. The Morgan fingerprint density at radius 3 is 2.75 bits per heavy atom. The second-order valence-corrected chi connectivity index (χ2v) is 5.21. The quantitative estimate of drug-likeness (QED) is 0.784. The molecule has 1 amide bonds. The predicted octanol–water partition coefficient (Wildman–Crippen LogP) is 3.04. The Morgan fingerprint density at radius 1 is 1.12 bits per heavy atom. The highest BCUT2D eigenvalue weighted by molar-refractivity contribution is 5.99. The Morgan fingerprint density at radius 2 is 1.96 bits per heavy atom. The molecule has 1 N–H and O–H groups in total. The Labute approximate surface area is 140 Å². The molecule has 2 aromatic carbocycles. The molecule has 0 unspecified atom stereocenters. The smallest absolute Gasteiger partial charge is 0.257 e. The van der Waals surface area contributed by atoms with Crippen molar-refractivity contribution in [1.82, 2.24) is 10.3 Å². The highest BCUT2D eigenvalue weighted by Crippen LogP contribution is 2.36. The van der Waals surface area contributed by atoms with Gasteiger partial charge in [0.2, 0.25) is 5.88 Å². The minimum Gasteiger partial charge on any atom is -0.484 e. The van der Waals surface area contributed by atoms with Crippen molar-refractivity contribution in [2.24, 2.45) is 0 Å². The zero-order chi connectivity index (χ0) is 16.9. The van der Waals surface area contributed by atoms with Gasteiger partial charge in [-0.15, -0.1) is 0 Å². The van der Waals surface area contributed by atoms with E-state index in [0.717, 1.165) is 21.9 Å². The number of hydrogen-bond acceptors (Lipinski definition) is 4. The fourth-order valence-corrected chi connectivity index (χ4v) is 2.57. The largest absolute Gasteiger partial charge is 0.484 e. The average molecular weight is 322 g/mol. The molecule has 0 fully saturated rings. The molecule has 122 valence electrons. The number of amides is 1. The van der Waals surface area contributed by atoms with E-state index in [1.165, 1.54) is 0 Å². The zero-order valence-electron chi connectivity index (χ0n) is 13.6. The van der Waals surface area contributed by atoms with Crippen LogP contribution in [0.15, 0.2) is 54.7 Å². The number of methoxy groups -OCH3 is 1. The molecule has 0 radical (unpaired) electrons. The van der Waals surface area contributed by atoms with E-state index in [9.17, 15) is 4.79 Å². The molecule has 3 aromatic rings. The van der Waals surface area contributed by atoms with Crippen molar-refractivity contribution in [1.29, 1.82) is 0 Å². The Balaban J connectivity index is 2.13. The van der Waals surface area contributed by atoms with Gasteiger partial charge >= 0.3 is 0 Å². The molecule has 0 aliphatic heterocycles. The van der Waals surface area contributed by atoms with Crippen LogP contribution in [0.1, 0.15) is 0 Å².